The number of fused-ring (bicyclic) bond motifs is 2. The molecule has 0 radical (unpaired) electrons. The first kappa shape index (κ1) is 16.1. The lowest BCUT2D eigenvalue weighted by molar-refractivity contribution is 0.863. The highest BCUT2D eigenvalue weighted by molar-refractivity contribution is 5.79. The molecule has 0 amide bonds. The molecule has 0 spiro atoms. The van der Waals surface area contributed by atoms with Crippen molar-refractivity contribution in [3.8, 4) is 0 Å². The van der Waals surface area contributed by atoms with Crippen LogP contribution in [-0.4, -0.2) is 30.0 Å². The van der Waals surface area contributed by atoms with Crippen LogP contribution in [0.15, 0.2) is 72.8 Å². The first-order valence-corrected chi connectivity index (χ1v) is 8.93. The smallest absolute Gasteiger partial charge is 0.113 e. The zero-order chi connectivity index (χ0) is 18.8. The fraction of sp³-hybridized carbons (Fsp3) is 0. The van der Waals surface area contributed by atoms with Crippen LogP contribution in [0.3, 0.4) is 0 Å². The van der Waals surface area contributed by atoms with E-state index in [-0.39, 0.29) is 0 Å². The summed E-state index contributed by atoms with van der Waals surface area (Å²) in [5, 5.41) is 16.6. The lowest BCUT2D eigenvalue weighted by Crippen LogP contribution is -1.89. The predicted molar refractivity (Wildman–Crippen MR) is 112 cm³/mol. The number of para-hydroxylation sites is 2. The van der Waals surface area contributed by atoms with E-state index in [1.54, 1.807) is 9.36 Å². The molecular weight excluding hydrogens is 348 g/mol. The third-order valence-electron chi connectivity index (χ3n) is 4.51. The second kappa shape index (κ2) is 6.92. The molecule has 0 aliphatic heterocycles. The third-order valence-corrected chi connectivity index (χ3v) is 4.51. The molecular formula is C22H16N6. The van der Waals surface area contributed by atoms with Gasteiger partial charge < -0.3 is 0 Å². The van der Waals surface area contributed by atoms with Crippen molar-refractivity contribution in [2.24, 2.45) is 0 Å². The average molecular weight is 364 g/mol. The van der Waals surface area contributed by atoms with E-state index in [1.165, 1.54) is 0 Å². The molecule has 28 heavy (non-hydrogen) atoms. The van der Waals surface area contributed by atoms with E-state index < -0.39 is 0 Å². The minimum absolute atomic E-state index is 0.883. The molecule has 5 aromatic rings. The first-order valence-electron chi connectivity index (χ1n) is 8.93. The standard InChI is InChI=1S/C22H16N6/c1-3-7-21-19(5-1)23-25-27(21)15-13-17-9-11-18(12-10-17)14-16-28-22-8-4-2-6-20(22)24-26-28/h1-16H. The van der Waals surface area contributed by atoms with Crippen LogP contribution in [0.5, 0.6) is 0 Å². The van der Waals surface area contributed by atoms with Gasteiger partial charge in [0.15, 0.2) is 0 Å². The molecule has 0 saturated carbocycles. The summed E-state index contributed by atoms with van der Waals surface area (Å²) in [6.45, 7) is 0. The van der Waals surface area contributed by atoms with Crippen LogP contribution in [0.4, 0.5) is 0 Å². The van der Waals surface area contributed by atoms with E-state index in [2.05, 4.69) is 44.9 Å². The number of hydrogen-bond donors (Lipinski definition) is 0. The highest BCUT2D eigenvalue weighted by Gasteiger charge is 2.00. The van der Waals surface area contributed by atoms with E-state index in [1.807, 2.05) is 73.1 Å². The molecule has 2 aromatic heterocycles. The lowest BCUT2D eigenvalue weighted by atomic mass is 10.1. The van der Waals surface area contributed by atoms with E-state index in [0.29, 0.717) is 0 Å². The zero-order valence-electron chi connectivity index (χ0n) is 14.9. The van der Waals surface area contributed by atoms with Crippen molar-refractivity contribution in [2.45, 2.75) is 0 Å². The van der Waals surface area contributed by atoms with Crippen molar-refractivity contribution in [3.05, 3.63) is 83.9 Å². The third kappa shape index (κ3) is 3.07. The summed E-state index contributed by atoms with van der Waals surface area (Å²) in [6, 6.07) is 24.0. The second-order valence-corrected chi connectivity index (χ2v) is 6.34. The Balaban J connectivity index is 1.34. The maximum atomic E-state index is 4.16. The molecule has 0 bridgehead atoms. The Bertz CT molecular complexity index is 1200. The molecule has 6 nitrogen and oxygen atoms in total. The van der Waals surface area contributed by atoms with E-state index in [0.717, 1.165) is 33.2 Å². The Hall–Kier alpha value is -4.06. The van der Waals surface area contributed by atoms with Gasteiger partial charge in [-0.05, 0) is 47.5 Å². The van der Waals surface area contributed by atoms with Gasteiger partial charge in [0.25, 0.3) is 0 Å². The van der Waals surface area contributed by atoms with Gasteiger partial charge in [-0.2, -0.15) is 0 Å². The van der Waals surface area contributed by atoms with Gasteiger partial charge in [-0.25, -0.2) is 9.36 Å². The topological polar surface area (TPSA) is 61.4 Å². The number of benzene rings is 3. The first-order chi connectivity index (χ1) is 13.9. The van der Waals surface area contributed by atoms with Crippen molar-refractivity contribution < 1.29 is 0 Å². The van der Waals surface area contributed by atoms with Crippen LogP contribution < -0.4 is 0 Å². The molecule has 0 N–H and O–H groups in total. The van der Waals surface area contributed by atoms with Gasteiger partial charge in [0, 0.05) is 12.4 Å². The molecule has 0 aliphatic rings. The Morgan fingerprint density at radius 2 is 0.964 bits per heavy atom. The fourth-order valence-electron chi connectivity index (χ4n) is 3.03. The second-order valence-electron chi connectivity index (χ2n) is 6.34. The lowest BCUT2D eigenvalue weighted by Gasteiger charge is -1.98. The molecule has 3 aromatic carbocycles. The quantitative estimate of drug-likeness (QED) is 0.473. The van der Waals surface area contributed by atoms with E-state index >= 15 is 0 Å². The molecule has 0 fully saturated rings. The molecule has 0 unspecified atom stereocenters. The maximum Gasteiger partial charge on any atom is 0.113 e. The summed E-state index contributed by atoms with van der Waals surface area (Å²) in [6.07, 6.45) is 7.86. The van der Waals surface area contributed by atoms with Crippen LogP contribution in [-0.2, 0) is 0 Å². The van der Waals surface area contributed by atoms with Gasteiger partial charge in [0.1, 0.15) is 11.0 Å². The SMILES string of the molecule is C(=Cn1nnc2ccccc21)c1ccc(C=Cn2nnc3ccccc32)cc1. The van der Waals surface area contributed by atoms with Crippen LogP contribution in [0.1, 0.15) is 11.1 Å². The summed E-state index contributed by atoms with van der Waals surface area (Å²) in [4.78, 5) is 0. The van der Waals surface area contributed by atoms with Crippen molar-refractivity contribution in [2.75, 3.05) is 0 Å². The Morgan fingerprint density at radius 1 is 0.536 bits per heavy atom. The number of rotatable bonds is 4. The van der Waals surface area contributed by atoms with Crippen LogP contribution in [0.25, 0.3) is 46.6 Å². The largest absolute Gasteiger partial charge is 0.220 e. The highest BCUT2D eigenvalue weighted by atomic mass is 15.4. The number of nitrogens with zero attached hydrogens (tertiary/aromatic N) is 6. The van der Waals surface area contributed by atoms with Gasteiger partial charge >= 0.3 is 0 Å². The van der Waals surface area contributed by atoms with Crippen molar-refractivity contribution in [1.82, 2.24) is 30.0 Å². The van der Waals surface area contributed by atoms with Crippen molar-refractivity contribution >= 4 is 46.6 Å². The summed E-state index contributed by atoms with van der Waals surface area (Å²) in [7, 11) is 0. The van der Waals surface area contributed by atoms with Gasteiger partial charge in [-0.1, -0.05) is 59.0 Å². The summed E-state index contributed by atoms with van der Waals surface area (Å²) < 4.78 is 3.55. The number of hydrogen-bond acceptors (Lipinski definition) is 4. The minimum atomic E-state index is 0.883. The zero-order valence-corrected chi connectivity index (χ0v) is 14.9. The normalized spacial score (nSPS) is 12.0. The van der Waals surface area contributed by atoms with Gasteiger partial charge in [-0.15, -0.1) is 10.2 Å². The molecule has 0 saturated heterocycles. The molecule has 5 rings (SSSR count). The molecule has 6 heteroatoms. The van der Waals surface area contributed by atoms with E-state index in [9.17, 15) is 0 Å². The predicted octanol–water partition coefficient (Wildman–Crippen LogP) is 4.43. The van der Waals surface area contributed by atoms with Crippen LogP contribution >= 0.6 is 0 Å². The Labute approximate surface area is 161 Å². The van der Waals surface area contributed by atoms with Crippen molar-refractivity contribution in [1.29, 1.82) is 0 Å². The summed E-state index contributed by atoms with van der Waals surface area (Å²) in [5.74, 6) is 0. The maximum absolute atomic E-state index is 4.16. The summed E-state index contributed by atoms with van der Waals surface area (Å²) in [5.41, 5.74) is 5.91. The Kier molecular flexibility index (Phi) is 3.99. The molecule has 2 heterocycles. The highest BCUT2D eigenvalue weighted by Crippen LogP contribution is 2.14. The van der Waals surface area contributed by atoms with Crippen molar-refractivity contribution in [3.63, 3.8) is 0 Å². The average Bonchev–Trinajstić information content (AvgIpc) is 3.36. The van der Waals surface area contributed by atoms with Crippen LogP contribution in [0, 0.1) is 0 Å². The van der Waals surface area contributed by atoms with Gasteiger partial charge in [0.05, 0.1) is 11.0 Å². The summed E-state index contributed by atoms with van der Waals surface area (Å²) >= 11 is 0. The number of aromatic nitrogens is 6. The van der Waals surface area contributed by atoms with Crippen LogP contribution in [0.2, 0.25) is 0 Å². The van der Waals surface area contributed by atoms with Gasteiger partial charge in [0.2, 0.25) is 0 Å². The molecule has 0 atom stereocenters. The fourth-order valence-corrected chi connectivity index (χ4v) is 3.03. The monoisotopic (exact) mass is 364 g/mol. The van der Waals surface area contributed by atoms with E-state index in [4.69, 9.17) is 0 Å². The minimum Gasteiger partial charge on any atom is -0.220 e. The Morgan fingerprint density at radius 3 is 1.43 bits per heavy atom. The molecule has 0 aliphatic carbocycles. The van der Waals surface area contributed by atoms with Gasteiger partial charge in [-0.3, -0.25) is 0 Å². The molecule has 134 valence electrons.